The van der Waals surface area contributed by atoms with Gasteiger partial charge in [-0.3, -0.25) is 20.2 Å². The van der Waals surface area contributed by atoms with E-state index in [4.69, 9.17) is 15.2 Å². The highest BCUT2D eigenvalue weighted by Gasteiger charge is 2.65. The summed E-state index contributed by atoms with van der Waals surface area (Å²) in [4.78, 5) is 40.1. The molecule has 2 aromatic rings. The third-order valence-corrected chi connectivity index (χ3v) is 8.71. The minimum Gasteiger partial charge on any atom is -0.464 e. The molecular formula is C20H22IN7O5S2. The summed E-state index contributed by atoms with van der Waals surface area (Å²) in [7, 11) is 4.24. The Morgan fingerprint density at radius 3 is 2.77 bits per heavy atom. The minimum absolute atomic E-state index is 0.0292. The van der Waals surface area contributed by atoms with Gasteiger partial charge in [0.25, 0.3) is 5.91 Å². The topological polar surface area (TPSA) is 155 Å². The number of thioether (sulfide) groups is 2. The van der Waals surface area contributed by atoms with Crippen LogP contribution in [-0.2, 0) is 37.3 Å². The molecule has 2 amide bonds. The zero-order valence-electron chi connectivity index (χ0n) is 18.9. The van der Waals surface area contributed by atoms with E-state index in [1.807, 2.05) is 24.3 Å². The van der Waals surface area contributed by atoms with Gasteiger partial charge >= 0.3 is 5.97 Å². The number of fused-ring (bicyclic) bond motifs is 1. The van der Waals surface area contributed by atoms with E-state index in [1.165, 1.54) is 47.3 Å². The summed E-state index contributed by atoms with van der Waals surface area (Å²) in [5.74, 6) is -1.33. The average molecular weight is 631 g/mol. The summed E-state index contributed by atoms with van der Waals surface area (Å²) in [6, 6.07) is 7.61. The van der Waals surface area contributed by atoms with Crippen LogP contribution in [0.2, 0.25) is 0 Å². The number of halogens is 1. The summed E-state index contributed by atoms with van der Waals surface area (Å²) < 4.78 is 12.8. The molecule has 0 radical (unpaired) electrons. The number of amides is 2. The summed E-state index contributed by atoms with van der Waals surface area (Å²) in [5.41, 5.74) is 5.92. The van der Waals surface area contributed by atoms with Crippen molar-refractivity contribution in [3.63, 3.8) is 0 Å². The van der Waals surface area contributed by atoms with Crippen LogP contribution in [0.5, 0.6) is 0 Å². The number of esters is 1. The molecule has 35 heavy (non-hydrogen) atoms. The van der Waals surface area contributed by atoms with Gasteiger partial charge in [-0.15, -0.1) is 16.9 Å². The van der Waals surface area contributed by atoms with Crippen molar-refractivity contribution in [3.8, 4) is 0 Å². The molecule has 3 atom stereocenters. The number of aryl methyl sites for hydroxylation is 1. The van der Waals surface area contributed by atoms with E-state index in [2.05, 4.69) is 43.4 Å². The number of methoxy groups -OCH3 is 2. The summed E-state index contributed by atoms with van der Waals surface area (Å²) in [6.45, 7) is 0. The van der Waals surface area contributed by atoms with Gasteiger partial charge in [0.05, 0.1) is 13.5 Å². The number of β-lactam (4-membered cyclic amide) rings is 1. The molecule has 0 bridgehead atoms. The molecule has 1 aromatic carbocycles. The zero-order chi connectivity index (χ0) is 25.3. The number of rotatable bonds is 8. The molecule has 2 aliphatic rings. The number of hydrogen-bond donors (Lipinski definition) is 2. The smallest absolute Gasteiger partial charge is 0.354 e. The monoisotopic (exact) mass is 631 g/mol. The van der Waals surface area contributed by atoms with E-state index < -0.39 is 28.3 Å². The van der Waals surface area contributed by atoms with Gasteiger partial charge in [-0.05, 0) is 50.7 Å². The number of aromatic nitrogens is 4. The van der Waals surface area contributed by atoms with Crippen LogP contribution in [0.15, 0.2) is 40.7 Å². The number of nitrogens with one attached hydrogen (secondary N) is 1. The first-order valence-corrected chi connectivity index (χ1v) is 13.2. The van der Waals surface area contributed by atoms with Gasteiger partial charge < -0.3 is 14.8 Å². The van der Waals surface area contributed by atoms with Crippen LogP contribution in [0.3, 0.4) is 0 Å². The third kappa shape index (κ3) is 4.91. The lowest BCUT2D eigenvalue weighted by Gasteiger charge is -2.55. The molecule has 12 nitrogen and oxygen atoms in total. The van der Waals surface area contributed by atoms with E-state index in [-0.39, 0.29) is 23.8 Å². The van der Waals surface area contributed by atoms with Crippen molar-refractivity contribution in [3.05, 3.63) is 44.7 Å². The quantitative estimate of drug-likeness (QED) is 0.135. The second-order valence-electron chi connectivity index (χ2n) is 7.65. The van der Waals surface area contributed by atoms with E-state index in [0.717, 1.165) is 9.13 Å². The van der Waals surface area contributed by atoms with Gasteiger partial charge in [0.2, 0.25) is 16.8 Å². The number of nitrogens with two attached hydrogens (primary N) is 1. The number of hydrogen-bond acceptors (Lipinski definition) is 11. The number of tetrazole rings is 1. The van der Waals surface area contributed by atoms with Crippen LogP contribution in [0.25, 0.3) is 0 Å². The highest BCUT2D eigenvalue weighted by Crippen LogP contribution is 2.48. The van der Waals surface area contributed by atoms with Gasteiger partial charge in [-0.2, -0.15) is 0 Å². The fraction of sp³-hybridized carbons (Fsp3) is 0.400. The molecule has 2 unspecified atom stereocenters. The van der Waals surface area contributed by atoms with Crippen LogP contribution in [0.4, 0.5) is 0 Å². The maximum Gasteiger partial charge on any atom is 0.354 e. The first kappa shape index (κ1) is 25.9. The lowest BCUT2D eigenvalue weighted by molar-refractivity contribution is -0.183. The first-order valence-electron chi connectivity index (χ1n) is 10.2. The van der Waals surface area contributed by atoms with E-state index >= 15 is 0 Å². The number of carbonyl (C=O) groups is 3. The fourth-order valence-corrected chi connectivity index (χ4v) is 6.85. The highest BCUT2D eigenvalue weighted by molar-refractivity contribution is 14.1. The maximum atomic E-state index is 13.0. The zero-order valence-corrected chi connectivity index (χ0v) is 22.7. The maximum absolute atomic E-state index is 13.0. The number of nitrogens with zero attached hydrogens (tertiary/aromatic N) is 5. The van der Waals surface area contributed by atoms with Gasteiger partial charge in [0.15, 0.2) is 0 Å². The van der Waals surface area contributed by atoms with Crippen molar-refractivity contribution >= 4 is 63.9 Å². The standard InChI is InChI=1S/C20H22IN7O5S2/c1-27-19(24-25-26-27)34-9-12-14(16(30)32-2)28-17(31)20(22,33-3)18(28)35-15(12)23-13(29)8-10-5-4-6-11(21)7-10/h4-7,15,18H,8-9,22H2,1-3H3,(H,23,29)/t15?,18-,20?/m1/s1. The van der Waals surface area contributed by atoms with Gasteiger partial charge in [-0.25, -0.2) is 9.48 Å². The molecule has 4 rings (SSSR count). The predicted molar refractivity (Wildman–Crippen MR) is 136 cm³/mol. The summed E-state index contributed by atoms with van der Waals surface area (Å²) in [5, 5.41) is 13.4. The normalized spacial score (nSPS) is 23.6. The van der Waals surface area contributed by atoms with Crippen molar-refractivity contribution in [2.45, 2.75) is 28.0 Å². The van der Waals surface area contributed by atoms with Crippen LogP contribution in [-0.4, -0.2) is 79.3 Å². The van der Waals surface area contributed by atoms with Gasteiger partial charge in [-0.1, -0.05) is 23.9 Å². The number of benzene rings is 1. The Kier molecular flexibility index (Phi) is 7.70. The lowest BCUT2D eigenvalue weighted by Crippen LogP contribution is -2.79. The first-order chi connectivity index (χ1) is 16.7. The van der Waals surface area contributed by atoms with Crippen molar-refractivity contribution in [1.82, 2.24) is 30.4 Å². The van der Waals surface area contributed by atoms with Crippen molar-refractivity contribution < 1.29 is 23.9 Å². The molecule has 1 saturated heterocycles. The Balaban J connectivity index is 1.67. The van der Waals surface area contributed by atoms with E-state index in [1.54, 1.807) is 7.05 Å². The predicted octanol–water partition coefficient (Wildman–Crippen LogP) is 0.235. The minimum atomic E-state index is -1.63. The molecule has 3 heterocycles. The van der Waals surface area contributed by atoms with E-state index in [9.17, 15) is 14.4 Å². The molecular weight excluding hydrogens is 609 g/mol. The molecule has 1 fully saturated rings. The van der Waals surface area contributed by atoms with Crippen LogP contribution < -0.4 is 11.1 Å². The molecule has 1 aromatic heterocycles. The molecule has 2 aliphatic heterocycles. The average Bonchev–Trinajstić information content (AvgIpc) is 3.25. The molecule has 15 heteroatoms. The fourth-order valence-electron chi connectivity index (χ4n) is 3.69. The highest BCUT2D eigenvalue weighted by atomic mass is 127. The Hall–Kier alpha value is -2.21. The molecule has 0 aliphatic carbocycles. The second kappa shape index (κ2) is 10.4. The second-order valence-corrected chi connectivity index (χ2v) is 11.0. The van der Waals surface area contributed by atoms with Gasteiger partial charge in [0, 0.05) is 29.1 Å². The van der Waals surface area contributed by atoms with Crippen molar-refractivity contribution in [2.75, 3.05) is 20.0 Å². The molecule has 0 spiro atoms. The van der Waals surface area contributed by atoms with Crippen molar-refractivity contribution in [1.29, 1.82) is 0 Å². The SMILES string of the molecule is COC(=O)C1=C(CSc2nnnn2C)C(NC(=O)Cc2cccc(I)c2)S[C@H]2N1C(=O)C2(N)OC. The summed E-state index contributed by atoms with van der Waals surface area (Å²) in [6.07, 6.45) is 0.139. The number of carbonyl (C=O) groups excluding carboxylic acids is 3. The van der Waals surface area contributed by atoms with Crippen molar-refractivity contribution in [2.24, 2.45) is 12.8 Å². The Morgan fingerprint density at radius 2 is 2.14 bits per heavy atom. The summed E-state index contributed by atoms with van der Waals surface area (Å²) >= 11 is 4.67. The van der Waals surface area contributed by atoms with Crippen LogP contribution >= 0.6 is 46.1 Å². The Morgan fingerprint density at radius 1 is 1.37 bits per heavy atom. The number of ether oxygens (including phenoxy) is 2. The molecule has 186 valence electrons. The molecule has 0 saturated carbocycles. The third-order valence-electron chi connectivity index (χ3n) is 5.48. The Bertz CT molecular complexity index is 1210. The molecule has 3 N–H and O–H groups in total. The van der Waals surface area contributed by atoms with Crippen LogP contribution in [0.1, 0.15) is 5.56 Å². The van der Waals surface area contributed by atoms with E-state index in [0.29, 0.717) is 10.7 Å². The van der Waals surface area contributed by atoms with Crippen LogP contribution in [0, 0.1) is 3.57 Å². The van der Waals surface area contributed by atoms with Gasteiger partial charge in [0.1, 0.15) is 16.4 Å². The largest absolute Gasteiger partial charge is 0.464 e. The Labute approximate surface area is 222 Å². The lowest BCUT2D eigenvalue weighted by atomic mass is 9.99.